The van der Waals surface area contributed by atoms with Crippen LogP contribution >= 0.6 is 23.4 Å². The number of hydrogen-bond donors (Lipinski definition) is 2. The molecule has 0 saturated carbocycles. The van der Waals surface area contributed by atoms with Crippen molar-refractivity contribution in [2.45, 2.75) is 17.3 Å². The van der Waals surface area contributed by atoms with Crippen molar-refractivity contribution >= 4 is 35.1 Å². The highest BCUT2D eigenvalue weighted by Crippen LogP contribution is 2.24. The molecule has 0 aliphatic rings. The van der Waals surface area contributed by atoms with E-state index in [1.165, 1.54) is 18.0 Å². The first-order valence-corrected chi connectivity index (χ1v) is 8.97. The van der Waals surface area contributed by atoms with Crippen molar-refractivity contribution in [2.75, 3.05) is 12.4 Å². The summed E-state index contributed by atoms with van der Waals surface area (Å²) in [6.07, 6.45) is 1.48. The first-order chi connectivity index (χ1) is 12.5. The molecule has 2 N–H and O–H groups in total. The Morgan fingerprint density at radius 2 is 2.04 bits per heavy atom. The normalized spacial score (nSPS) is 11.8. The second-order valence-corrected chi connectivity index (χ2v) is 7.05. The Bertz CT molecular complexity index is 883. The fraction of sp³-hybridized carbons (Fsp3) is 0.176. The van der Waals surface area contributed by atoms with Gasteiger partial charge in [0.2, 0.25) is 11.1 Å². The van der Waals surface area contributed by atoms with Crippen LogP contribution in [0.4, 0.5) is 5.82 Å². The summed E-state index contributed by atoms with van der Waals surface area (Å²) in [4.78, 5) is 20.7. The Balaban J connectivity index is 1.62. The minimum absolute atomic E-state index is 0.194. The van der Waals surface area contributed by atoms with Gasteiger partial charge in [0.25, 0.3) is 0 Å². The van der Waals surface area contributed by atoms with Crippen LogP contribution in [0.1, 0.15) is 6.92 Å². The molecule has 0 saturated heterocycles. The molecule has 0 fully saturated rings. The lowest BCUT2D eigenvalue weighted by atomic mass is 10.2. The Labute approximate surface area is 159 Å². The molecule has 0 bridgehead atoms. The maximum absolute atomic E-state index is 12.3. The molecule has 26 heavy (non-hydrogen) atoms. The van der Waals surface area contributed by atoms with Crippen LogP contribution < -0.4 is 10.1 Å². The number of amides is 1. The number of hydrogen-bond acceptors (Lipinski definition) is 6. The third-order valence-corrected chi connectivity index (χ3v) is 4.64. The monoisotopic (exact) mass is 389 g/mol. The number of halogens is 1. The molecule has 0 aliphatic carbocycles. The third-order valence-electron chi connectivity index (χ3n) is 3.46. The molecular weight excluding hydrogens is 374 g/mol. The van der Waals surface area contributed by atoms with Gasteiger partial charge in [-0.05, 0) is 43.3 Å². The van der Waals surface area contributed by atoms with E-state index in [1.54, 1.807) is 26.2 Å². The number of pyridine rings is 1. The fourth-order valence-electron chi connectivity index (χ4n) is 2.07. The molecule has 2 heterocycles. The third kappa shape index (κ3) is 4.53. The van der Waals surface area contributed by atoms with Crippen LogP contribution in [0, 0.1) is 0 Å². The number of carbonyl (C=O) groups excluding carboxylic acids is 1. The van der Waals surface area contributed by atoms with E-state index >= 15 is 0 Å². The quantitative estimate of drug-likeness (QED) is 0.625. The van der Waals surface area contributed by atoms with E-state index in [4.69, 9.17) is 16.3 Å². The van der Waals surface area contributed by atoms with Crippen LogP contribution in [-0.4, -0.2) is 38.4 Å². The van der Waals surface area contributed by atoms with Crippen LogP contribution in [0.2, 0.25) is 5.02 Å². The molecule has 1 amide bonds. The summed E-state index contributed by atoms with van der Waals surface area (Å²) in [6, 6.07) is 10.8. The first kappa shape index (κ1) is 18.2. The van der Waals surface area contributed by atoms with E-state index in [9.17, 15) is 4.79 Å². The number of rotatable bonds is 6. The Morgan fingerprint density at radius 3 is 2.69 bits per heavy atom. The van der Waals surface area contributed by atoms with Gasteiger partial charge in [-0.2, -0.15) is 0 Å². The van der Waals surface area contributed by atoms with Crippen LogP contribution in [0.15, 0.2) is 47.8 Å². The van der Waals surface area contributed by atoms with Gasteiger partial charge in [0, 0.05) is 11.8 Å². The number of nitrogens with zero attached hydrogens (tertiary/aromatic N) is 3. The average molecular weight is 390 g/mol. The van der Waals surface area contributed by atoms with Gasteiger partial charge in [-0.3, -0.25) is 9.89 Å². The summed E-state index contributed by atoms with van der Waals surface area (Å²) in [5.41, 5.74) is 0.882. The van der Waals surface area contributed by atoms with Crippen LogP contribution in [-0.2, 0) is 4.79 Å². The number of H-pyrrole nitrogens is 1. The number of aromatic amines is 1. The lowest BCUT2D eigenvalue weighted by Gasteiger charge is -2.09. The molecule has 0 aliphatic heterocycles. The van der Waals surface area contributed by atoms with E-state index < -0.39 is 5.25 Å². The highest BCUT2D eigenvalue weighted by molar-refractivity contribution is 8.00. The molecule has 2 aromatic heterocycles. The maximum Gasteiger partial charge on any atom is 0.238 e. The number of aromatic nitrogens is 4. The fourth-order valence-corrected chi connectivity index (χ4v) is 2.90. The van der Waals surface area contributed by atoms with Crippen molar-refractivity contribution in [2.24, 2.45) is 0 Å². The van der Waals surface area contributed by atoms with E-state index in [-0.39, 0.29) is 5.91 Å². The van der Waals surface area contributed by atoms with Gasteiger partial charge in [0.05, 0.1) is 17.4 Å². The summed E-state index contributed by atoms with van der Waals surface area (Å²) >= 11 is 7.03. The number of nitrogens with one attached hydrogen (secondary N) is 2. The predicted octanol–water partition coefficient (Wildman–Crippen LogP) is 3.65. The molecular formula is C17H16ClN5O2S. The minimum atomic E-state index is -0.396. The molecule has 1 atom stereocenters. The summed E-state index contributed by atoms with van der Waals surface area (Å²) in [7, 11) is 1.62. The molecule has 7 nitrogen and oxygen atoms in total. The number of thioether (sulfide) groups is 1. The topological polar surface area (TPSA) is 92.8 Å². The summed E-state index contributed by atoms with van der Waals surface area (Å²) in [6.45, 7) is 1.78. The smallest absolute Gasteiger partial charge is 0.238 e. The van der Waals surface area contributed by atoms with Crippen molar-refractivity contribution < 1.29 is 9.53 Å². The molecule has 1 aromatic carbocycles. The highest BCUT2D eigenvalue weighted by Gasteiger charge is 2.18. The number of anilines is 1. The van der Waals surface area contributed by atoms with Crippen LogP contribution in [0.25, 0.3) is 11.4 Å². The molecule has 0 unspecified atom stereocenters. The average Bonchev–Trinajstić information content (AvgIpc) is 3.12. The minimum Gasteiger partial charge on any atom is -0.497 e. The molecule has 134 valence electrons. The van der Waals surface area contributed by atoms with Gasteiger partial charge in [-0.25, -0.2) is 9.97 Å². The van der Waals surface area contributed by atoms with E-state index in [1.807, 2.05) is 24.3 Å². The van der Waals surface area contributed by atoms with Gasteiger partial charge >= 0.3 is 0 Å². The highest BCUT2D eigenvalue weighted by atomic mass is 35.5. The van der Waals surface area contributed by atoms with Crippen LogP contribution in [0.5, 0.6) is 5.75 Å². The first-order valence-electron chi connectivity index (χ1n) is 7.71. The Morgan fingerprint density at radius 1 is 1.27 bits per heavy atom. The second kappa shape index (κ2) is 8.20. The molecule has 0 spiro atoms. The molecule has 3 rings (SSSR count). The van der Waals surface area contributed by atoms with Gasteiger partial charge in [-0.1, -0.05) is 23.4 Å². The van der Waals surface area contributed by atoms with E-state index in [2.05, 4.69) is 25.5 Å². The van der Waals surface area contributed by atoms with Gasteiger partial charge in [0.1, 0.15) is 11.6 Å². The van der Waals surface area contributed by atoms with Crippen molar-refractivity contribution in [3.05, 3.63) is 47.6 Å². The largest absolute Gasteiger partial charge is 0.497 e. The molecule has 0 radical (unpaired) electrons. The van der Waals surface area contributed by atoms with Gasteiger partial charge in [0.15, 0.2) is 5.82 Å². The molecule has 9 heteroatoms. The summed E-state index contributed by atoms with van der Waals surface area (Å²) in [5, 5.41) is 10.4. The Hall–Kier alpha value is -2.58. The summed E-state index contributed by atoms with van der Waals surface area (Å²) < 4.78 is 5.14. The zero-order valence-electron chi connectivity index (χ0n) is 14.1. The van der Waals surface area contributed by atoms with Crippen molar-refractivity contribution in [1.29, 1.82) is 0 Å². The zero-order valence-corrected chi connectivity index (χ0v) is 15.6. The van der Waals surface area contributed by atoms with E-state index in [0.717, 1.165) is 11.3 Å². The predicted molar refractivity (Wildman–Crippen MR) is 102 cm³/mol. The standard InChI is InChI=1S/C17H16ClN5O2S/c1-10(16(24)20-14-8-5-12(18)9-19-14)26-17-21-15(22-23-17)11-3-6-13(25-2)7-4-11/h3-10H,1-2H3,(H,19,20,24)(H,21,22,23)/t10-/m1/s1. The van der Waals surface area contributed by atoms with Crippen LogP contribution in [0.3, 0.4) is 0 Å². The Kier molecular flexibility index (Phi) is 5.75. The van der Waals surface area contributed by atoms with Gasteiger partial charge < -0.3 is 10.1 Å². The maximum atomic E-state index is 12.3. The SMILES string of the molecule is COc1ccc(-c2nc(S[C@H](C)C(=O)Nc3ccc(Cl)cn3)n[nH]2)cc1. The summed E-state index contributed by atoms with van der Waals surface area (Å²) in [5.74, 6) is 1.65. The van der Waals surface area contributed by atoms with Gasteiger partial charge in [-0.15, -0.1) is 5.10 Å². The zero-order chi connectivity index (χ0) is 18.5. The van der Waals surface area contributed by atoms with Crippen molar-refractivity contribution in [3.8, 4) is 17.1 Å². The van der Waals surface area contributed by atoms with E-state index in [0.29, 0.717) is 21.8 Å². The molecule has 3 aromatic rings. The lowest BCUT2D eigenvalue weighted by molar-refractivity contribution is -0.115. The van der Waals surface area contributed by atoms with Crippen molar-refractivity contribution in [1.82, 2.24) is 20.2 Å². The number of methoxy groups -OCH3 is 1. The van der Waals surface area contributed by atoms with Crippen molar-refractivity contribution in [3.63, 3.8) is 0 Å². The second-order valence-electron chi connectivity index (χ2n) is 5.31. The number of ether oxygens (including phenoxy) is 1. The lowest BCUT2D eigenvalue weighted by Crippen LogP contribution is -2.23. The number of benzene rings is 1. The number of carbonyl (C=O) groups is 1.